The highest BCUT2D eigenvalue weighted by molar-refractivity contribution is 6.03. The summed E-state index contributed by atoms with van der Waals surface area (Å²) in [6, 6.07) is 8.27. The molecule has 3 aromatic rings. The van der Waals surface area contributed by atoms with Gasteiger partial charge < -0.3 is 15.0 Å². The van der Waals surface area contributed by atoms with Crippen molar-refractivity contribution in [1.82, 2.24) is 14.5 Å². The van der Waals surface area contributed by atoms with E-state index in [9.17, 15) is 0 Å². The molecule has 0 spiro atoms. The molecule has 5 nitrogen and oxygen atoms in total. The molecule has 0 fully saturated rings. The maximum atomic E-state index is 6.17. The lowest BCUT2D eigenvalue weighted by Gasteiger charge is -2.19. The Bertz CT molecular complexity index is 759. The lowest BCUT2D eigenvalue weighted by Crippen LogP contribution is -2.16. The van der Waals surface area contributed by atoms with Gasteiger partial charge >= 0.3 is 0 Å². The van der Waals surface area contributed by atoms with Gasteiger partial charge in [0.25, 0.3) is 0 Å². The van der Waals surface area contributed by atoms with Crippen LogP contribution in [0.25, 0.3) is 21.9 Å². The van der Waals surface area contributed by atoms with Crippen LogP contribution in [0, 0.1) is 0 Å². The second-order valence-electron chi connectivity index (χ2n) is 5.25. The Hall–Kier alpha value is -2.14. The first-order valence-corrected chi connectivity index (χ1v) is 7.26. The summed E-state index contributed by atoms with van der Waals surface area (Å²) in [7, 11) is 1.72. The third kappa shape index (κ3) is 2.34. The number of para-hydroxylation sites is 1. The Morgan fingerprint density at radius 3 is 2.86 bits per heavy atom. The molecule has 5 heteroatoms. The van der Waals surface area contributed by atoms with E-state index in [-0.39, 0.29) is 6.04 Å². The summed E-state index contributed by atoms with van der Waals surface area (Å²) >= 11 is 0. The first-order valence-electron chi connectivity index (χ1n) is 7.26. The minimum atomic E-state index is 0.191. The Balaban J connectivity index is 2.29. The molecule has 0 aliphatic carbocycles. The van der Waals surface area contributed by atoms with Crippen LogP contribution in [0.5, 0.6) is 0 Å². The average Bonchev–Trinajstić information content (AvgIpc) is 2.83. The monoisotopic (exact) mass is 284 g/mol. The number of nitrogens with zero attached hydrogens (tertiary/aromatic N) is 3. The van der Waals surface area contributed by atoms with Gasteiger partial charge in [-0.2, -0.15) is 0 Å². The van der Waals surface area contributed by atoms with Crippen molar-refractivity contribution in [3.63, 3.8) is 0 Å². The fourth-order valence-electron chi connectivity index (χ4n) is 2.93. The van der Waals surface area contributed by atoms with Gasteiger partial charge in [-0.05, 0) is 12.5 Å². The molecule has 0 saturated carbocycles. The van der Waals surface area contributed by atoms with Gasteiger partial charge in [0.05, 0.1) is 29.9 Å². The molecule has 0 bridgehead atoms. The molecular formula is C16H20N4O. The van der Waals surface area contributed by atoms with E-state index in [4.69, 9.17) is 10.5 Å². The molecule has 2 N–H and O–H groups in total. The second-order valence-corrected chi connectivity index (χ2v) is 5.25. The number of methoxy groups -OCH3 is 1. The predicted octanol–water partition coefficient (Wildman–Crippen LogP) is 3.15. The summed E-state index contributed by atoms with van der Waals surface area (Å²) in [6.45, 7) is 2.79. The molecule has 1 atom stereocenters. The van der Waals surface area contributed by atoms with Crippen LogP contribution in [0.2, 0.25) is 0 Å². The van der Waals surface area contributed by atoms with Crippen molar-refractivity contribution in [1.29, 1.82) is 0 Å². The van der Waals surface area contributed by atoms with E-state index < -0.39 is 0 Å². The highest BCUT2D eigenvalue weighted by atomic mass is 16.5. The molecule has 0 amide bonds. The summed E-state index contributed by atoms with van der Waals surface area (Å²) in [5.74, 6) is 0.527. The number of benzene rings is 1. The molecule has 0 radical (unpaired) electrons. The molecule has 110 valence electrons. The van der Waals surface area contributed by atoms with E-state index in [1.54, 1.807) is 13.3 Å². The van der Waals surface area contributed by atoms with Crippen LogP contribution in [0.3, 0.4) is 0 Å². The van der Waals surface area contributed by atoms with E-state index in [1.807, 2.05) is 18.2 Å². The van der Waals surface area contributed by atoms with Crippen LogP contribution in [0.4, 0.5) is 5.95 Å². The smallest absolute Gasteiger partial charge is 0.201 e. The zero-order chi connectivity index (χ0) is 14.8. The fraction of sp³-hybridized carbons (Fsp3) is 0.375. The molecule has 0 aliphatic rings. The maximum Gasteiger partial charge on any atom is 0.201 e. The predicted molar refractivity (Wildman–Crippen MR) is 85.3 cm³/mol. The van der Waals surface area contributed by atoms with Crippen LogP contribution in [0.15, 0.2) is 30.5 Å². The summed E-state index contributed by atoms with van der Waals surface area (Å²) in [4.78, 5) is 8.92. The number of fused-ring (bicyclic) bond motifs is 3. The molecule has 1 unspecified atom stereocenters. The van der Waals surface area contributed by atoms with Crippen LogP contribution >= 0.6 is 0 Å². The molecule has 1 aromatic carbocycles. The van der Waals surface area contributed by atoms with Crippen LogP contribution in [-0.2, 0) is 4.74 Å². The first-order chi connectivity index (χ1) is 10.3. The van der Waals surface area contributed by atoms with E-state index in [1.165, 1.54) is 0 Å². The van der Waals surface area contributed by atoms with Gasteiger partial charge in [0, 0.05) is 12.5 Å². The number of aromatic nitrogens is 3. The molecule has 2 aromatic heterocycles. The number of hydrogen-bond acceptors (Lipinski definition) is 4. The van der Waals surface area contributed by atoms with Crippen molar-refractivity contribution in [3.8, 4) is 0 Å². The molecule has 3 rings (SSSR count). The van der Waals surface area contributed by atoms with Crippen molar-refractivity contribution in [2.24, 2.45) is 0 Å². The van der Waals surface area contributed by atoms with Crippen LogP contribution in [0.1, 0.15) is 25.8 Å². The third-order valence-electron chi connectivity index (χ3n) is 3.80. The summed E-state index contributed by atoms with van der Waals surface area (Å²) < 4.78 is 7.48. The van der Waals surface area contributed by atoms with E-state index in [2.05, 4.69) is 27.5 Å². The number of ether oxygens (including phenoxy) is 1. The van der Waals surface area contributed by atoms with E-state index in [0.29, 0.717) is 12.6 Å². The van der Waals surface area contributed by atoms with Crippen molar-refractivity contribution in [2.75, 3.05) is 19.5 Å². The first kappa shape index (κ1) is 13.8. The Morgan fingerprint density at radius 1 is 1.29 bits per heavy atom. The number of rotatable bonds is 5. The van der Waals surface area contributed by atoms with Crippen molar-refractivity contribution >= 4 is 27.9 Å². The van der Waals surface area contributed by atoms with Crippen molar-refractivity contribution < 1.29 is 4.74 Å². The highest BCUT2D eigenvalue weighted by Gasteiger charge is 2.19. The van der Waals surface area contributed by atoms with Gasteiger partial charge in [-0.1, -0.05) is 31.5 Å². The number of imidazole rings is 1. The lowest BCUT2D eigenvalue weighted by molar-refractivity contribution is 0.153. The third-order valence-corrected chi connectivity index (χ3v) is 3.80. The SMILES string of the molecule is CCCC(COC)n1c(N)nc2cnc3ccccc3c21. The standard InChI is InChI=1S/C16H20N4O/c1-3-6-11(10-21-2)20-15-12-7-4-5-8-13(12)18-9-14(15)19-16(20)17/h4-5,7-9,11H,3,6,10H2,1-2H3,(H2,17,19). The van der Waals surface area contributed by atoms with Gasteiger partial charge in [-0.3, -0.25) is 4.98 Å². The zero-order valence-corrected chi connectivity index (χ0v) is 12.4. The topological polar surface area (TPSA) is 66.0 Å². The Morgan fingerprint density at radius 2 is 2.10 bits per heavy atom. The maximum absolute atomic E-state index is 6.17. The van der Waals surface area contributed by atoms with Crippen LogP contribution in [-0.4, -0.2) is 28.3 Å². The lowest BCUT2D eigenvalue weighted by atomic mass is 10.1. The molecule has 21 heavy (non-hydrogen) atoms. The normalized spacial score (nSPS) is 13.0. The molecule has 0 saturated heterocycles. The van der Waals surface area contributed by atoms with Crippen molar-refractivity contribution in [2.45, 2.75) is 25.8 Å². The average molecular weight is 284 g/mol. The van der Waals surface area contributed by atoms with Gasteiger partial charge in [0.1, 0.15) is 5.52 Å². The van der Waals surface area contributed by atoms with E-state index >= 15 is 0 Å². The summed E-state index contributed by atoms with van der Waals surface area (Å²) in [5.41, 5.74) is 9.02. The molecular weight excluding hydrogens is 264 g/mol. The largest absolute Gasteiger partial charge is 0.383 e. The summed E-state index contributed by atoms with van der Waals surface area (Å²) in [5, 5.41) is 1.08. The molecule has 0 aliphatic heterocycles. The molecule has 2 heterocycles. The second kappa shape index (κ2) is 5.69. The fourth-order valence-corrected chi connectivity index (χ4v) is 2.93. The summed E-state index contributed by atoms with van der Waals surface area (Å²) in [6.07, 6.45) is 3.86. The van der Waals surface area contributed by atoms with Gasteiger partial charge in [-0.15, -0.1) is 0 Å². The number of nitrogens with two attached hydrogens (primary N) is 1. The van der Waals surface area contributed by atoms with E-state index in [0.717, 1.165) is 34.8 Å². The quantitative estimate of drug-likeness (QED) is 0.781. The number of hydrogen-bond donors (Lipinski definition) is 1. The number of anilines is 1. The van der Waals surface area contributed by atoms with Gasteiger partial charge in [0.2, 0.25) is 5.95 Å². The van der Waals surface area contributed by atoms with Crippen LogP contribution < -0.4 is 5.73 Å². The highest BCUT2D eigenvalue weighted by Crippen LogP contribution is 2.30. The van der Waals surface area contributed by atoms with Crippen molar-refractivity contribution in [3.05, 3.63) is 30.5 Å². The Labute approximate surface area is 123 Å². The minimum Gasteiger partial charge on any atom is -0.383 e. The van der Waals surface area contributed by atoms with Gasteiger partial charge in [-0.25, -0.2) is 4.98 Å². The minimum absolute atomic E-state index is 0.191. The zero-order valence-electron chi connectivity index (χ0n) is 12.4. The van der Waals surface area contributed by atoms with Gasteiger partial charge in [0.15, 0.2) is 0 Å². The Kier molecular flexibility index (Phi) is 3.75. The number of pyridine rings is 1. The number of nitrogen functional groups attached to an aromatic ring is 1.